The van der Waals surface area contributed by atoms with Crippen molar-refractivity contribution in [2.45, 2.75) is 91.8 Å². The van der Waals surface area contributed by atoms with Crippen LogP contribution in [0.2, 0.25) is 0 Å². The molecule has 0 saturated carbocycles. The summed E-state index contributed by atoms with van der Waals surface area (Å²) in [6, 6.07) is -1.51. The van der Waals surface area contributed by atoms with Crippen molar-refractivity contribution in [1.29, 1.82) is 0 Å². The minimum absolute atomic E-state index is 0.157. The van der Waals surface area contributed by atoms with Crippen LogP contribution in [0.5, 0.6) is 0 Å². The van der Waals surface area contributed by atoms with Crippen molar-refractivity contribution < 1.29 is 24.2 Å². The standard InChI is InChI=1S/C11H22N2O3.C9H18NO2/c1-6(2)5-8(12)10(14)13-9(7(3)4)11(15)16;1-9(2,3)12-8(11)6-4-5-7-10/h6-9H,5,12H2,1-4H3,(H,13,14)(H,15,16);10H,4-7H2,1-3H3/q;-1/t8-,9-;/m0./s1. The van der Waals surface area contributed by atoms with Gasteiger partial charge in [0, 0.05) is 6.42 Å². The van der Waals surface area contributed by atoms with E-state index in [-0.39, 0.29) is 17.5 Å². The van der Waals surface area contributed by atoms with Gasteiger partial charge in [-0.1, -0.05) is 34.1 Å². The van der Waals surface area contributed by atoms with Crippen molar-refractivity contribution >= 4 is 17.8 Å². The Morgan fingerprint density at radius 2 is 1.64 bits per heavy atom. The molecule has 5 N–H and O–H groups in total. The van der Waals surface area contributed by atoms with Crippen molar-refractivity contribution in [2.75, 3.05) is 6.54 Å². The number of unbranched alkanes of at least 4 members (excludes halogenated alkanes) is 1. The van der Waals surface area contributed by atoms with E-state index in [4.69, 9.17) is 21.3 Å². The summed E-state index contributed by atoms with van der Waals surface area (Å²) < 4.78 is 5.08. The SMILES string of the molecule is CC(C)(C)OC(=O)CCCC[NH-].CC(C)C[C@H](N)C(=O)N[C@H](C(=O)O)C(C)C. The second kappa shape index (κ2) is 14.3. The number of amides is 1. The number of hydrogen-bond donors (Lipinski definition) is 3. The lowest BCUT2D eigenvalue weighted by atomic mass is 10.0. The van der Waals surface area contributed by atoms with Crippen molar-refractivity contribution in [1.82, 2.24) is 5.32 Å². The van der Waals surface area contributed by atoms with E-state index in [0.717, 1.165) is 12.8 Å². The monoisotopic (exact) mass is 402 g/mol. The Kier molecular flexibility index (Phi) is 14.6. The van der Waals surface area contributed by atoms with Crippen molar-refractivity contribution in [3.8, 4) is 0 Å². The number of nitrogens with one attached hydrogen (secondary N) is 2. The average molecular weight is 403 g/mol. The maximum absolute atomic E-state index is 11.6. The third-order valence-electron chi connectivity index (χ3n) is 3.52. The first-order chi connectivity index (χ1) is 12.7. The Hall–Kier alpha value is -1.67. The maximum atomic E-state index is 11.6. The smallest absolute Gasteiger partial charge is 0.326 e. The van der Waals surface area contributed by atoms with E-state index in [1.807, 2.05) is 34.6 Å². The Labute approximate surface area is 169 Å². The van der Waals surface area contributed by atoms with Gasteiger partial charge in [-0.05, 0) is 45.4 Å². The number of aliphatic carboxylic acids is 1. The first kappa shape index (κ1) is 28.5. The zero-order valence-electron chi connectivity index (χ0n) is 18.5. The van der Waals surface area contributed by atoms with E-state index < -0.39 is 24.0 Å². The molecule has 28 heavy (non-hydrogen) atoms. The molecule has 0 aromatic rings. The number of nitrogens with two attached hydrogens (primary N) is 1. The second-order valence-corrected chi connectivity index (χ2v) is 8.60. The third-order valence-corrected chi connectivity index (χ3v) is 3.52. The van der Waals surface area contributed by atoms with Gasteiger partial charge >= 0.3 is 11.9 Å². The Morgan fingerprint density at radius 1 is 1.11 bits per heavy atom. The number of carbonyl (C=O) groups is 3. The molecule has 0 radical (unpaired) electrons. The molecule has 0 aromatic heterocycles. The highest BCUT2D eigenvalue weighted by molar-refractivity contribution is 5.86. The molecule has 1 amide bonds. The first-order valence-electron chi connectivity index (χ1n) is 9.86. The van der Waals surface area contributed by atoms with E-state index >= 15 is 0 Å². The molecule has 0 aliphatic rings. The second-order valence-electron chi connectivity index (χ2n) is 8.60. The highest BCUT2D eigenvalue weighted by Crippen LogP contribution is 2.09. The summed E-state index contributed by atoms with van der Waals surface area (Å²) >= 11 is 0. The van der Waals surface area contributed by atoms with Gasteiger partial charge in [-0.15, -0.1) is 0 Å². The fraction of sp³-hybridized carbons (Fsp3) is 0.850. The predicted octanol–water partition coefficient (Wildman–Crippen LogP) is 3.14. The van der Waals surface area contributed by atoms with Crippen LogP contribution in [-0.2, 0) is 19.1 Å². The van der Waals surface area contributed by atoms with Crippen LogP contribution in [0.25, 0.3) is 5.73 Å². The minimum Gasteiger partial charge on any atom is -0.677 e. The normalized spacial score (nSPS) is 13.4. The number of carboxylic acid groups (broad SMARTS) is 1. The quantitative estimate of drug-likeness (QED) is 0.378. The van der Waals surface area contributed by atoms with Crippen molar-refractivity contribution in [3.63, 3.8) is 0 Å². The van der Waals surface area contributed by atoms with Gasteiger partial charge in [0.25, 0.3) is 0 Å². The molecule has 0 saturated heterocycles. The zero-order valence-corrected chi connectivity index (χ0v) is 18.5. The van der Waals surface area contributed by atoms with Gasteiger partial charge in [0.05, 0.1) is 6.04 Å². The van der Waals surface area contributed by atoms with E-state index in [9.17, 15) is 14.4 Å². The highest BCUT2D eigenvalue weighted by Gasteiger charge is 2.26. The van der Waals surface area contributed by atoms with Gasteiger partial charge < -0.3 is 26.6 Å². The van der Waals surface area contributed by atoms with Gasteiger partial charge in [0.1, 0.15) is 11.6 Å². The summed E-state index contributed by atoms with van der Waals surface area (Å²) in [4.78, 5) is 33.5. The number of rotatable bonds is 10. The number of esters is 1. The number of carbonyl (C=O) groups excluding carboxylic acids is 2. The van der Waals surface area contributed by atoms with Crippen molar-refractivity contribution in [3.05, 3.63) is 5.73 Å². The highest BCUT2D eigenvalue weighted by atomic mass is 16.6. The molecular weight excluding hydrogens is 362 g/mol. The fourth-order valence-corrected chi connectivity index (χ4v) is 2.18. The molecule has 0 aromatic carbocycles. The summed E-state index contributed by atoms with van der Waals surface area (Å²) in [5.41, 5.74) is 12.2. The first-order valence-corrected chi connectivity index (χ1v) is 9.86. The van der Waals surface area contributed by atoms with Crippen LogP contribution in [0.1, 0.15) is 74.1 Å². The van der Waals surface area contributed by atoms with E-state index in [1.54, 1.807) is 13.8 Å². The van der Waals surface area contributed by atoms with Gasteiger partial charge in [0.2, 0.25) is 5.91 Å². The minimum atomic E-state index is -1.03. The molecule has 166 valence electrons. The van der Waals surface area contributed by atoms with Crippen LogP contribution in [0.15, 0.2) is 0 Å². The third kappa shape index (κ3) is 16.5. The van der Waals surface area contributed by atoms with E-state index in [0.29, 0.717) is 25.3 Å². The number of ether oxygens (including phenoxy) is 1. The summed E-state index contributed by atoms with van der Waals surface area (Å²) in [5.74, 6) is -1.43. The predicted molar refractivity (Wildman–Crippen MR) is 111 cm³/mol. The lowest BCUT2D eigenvalue weighted by Gasteiger charge is -2.21. The molecule has 0 aliphatic heterocycles. The summed E-state index contributed by atoms with van der Waals surface area (Å²) in [7, 11) is 0. The fourth-order valence-electron chi connectivity index (χ4n) is 2.18. The molecular formula is C20H40N3O5-. The van der Waals surface area contributed by atoms with E-state index in [1.165, 1.54) is 0 Å². The molecule has 2 atom stereocenters. The molecule has 8 heteroatoms. The van der Waals surface area contributed by atoms with Crippen LogP contribution in [0.4, 0.5) is 0 Å². The van der Waals surface area contributed by atoms with Crippen molar-refractivity contribution in [2.24, 2.45) is 17.6 Å². The maximum Gasteiger partial charge on any atom is 0.326 e. The average Bonchev–Trinajstić information content (AvgIpc) is 2.50. The summed E-state index contributed by atoms with van der Waals surface area (Å²) in [5, 5.41) is 11.4. The van der Waals surface area contributed by atoms with Gasteiger partial charge in [-0.2, -0.15) is 6.54 Å². The van der Waals surface area contributed by atoms with Crippen LogP contribution < -0.4 is 11.1 Å². The van der Waals surface area contributed by atoms with Gasteiger partial charge in [-0.25, -0.2) is 4.79 Å². The van der Waals surface area contributed by atoms with E-state index in [2.05, 4.69) is 5.32 Å². The Morgan fingerprint density at radius 3 is 2.00 bits per heavy atom. The van der Waals surface area contributed by atoms with Crippen LogP contribution in [0, 0.1) is 11.8 Å². The molecule has 0 aliphatic carbocycles. The molecule has 0 fully saturated rings. The van der Waals surface area contributed by atoms with Crippen LogP contribution in [-0.4, -0.2) is 47.2 Å². The van der Waals surface area contributed by atoms with Crippen LogP contribution in [0.3, 0.4) is 0 Å². The lowest BCUT2D eigenvalue weighted by Crippen LogP contribution is -2.50. The molecule has 0 rings (SSSR count). The zero-order chi connectivity index (χ0) is 22.5. The molecule has 0 spiro atoms. The van der Waals surface area contributed by atoms with Gasteiger partial charge in [-0.3, -0.25) is 9.59 Å². The number of carboxylic acids is 1. The molecule has 8 nitrogen and oxygen atoms in total. The number of hydrogen-bond acceptors (Lipinski definition) is 5. The Balaban J connectivity index is 0. The molecule has 0 unspecified atom stereocenters. The van der Waals surface area contributed by atoms with Gasteiger partial charge in [0.15, 0.2) is 0 Å². The summed E-state index contributed by atoms with van der Waals surface area (Å²) in [6.45, 7) is 13.4. The Bertz CT molecular complexity index is 473. The summed E-state index contributed by atoms with van der Waals surface area (Å²) in [6.07, 6.45) is 2.53. The van der Waals surface area contributed by atoms with Crippen LogP contribution >= 0.6 is 0 Å². The largest absolute Gasteiger partial charge is 0.677 e. The molecule has 0 heterocycles. The molecule has 0 bridgehead atoms. The lowest BCUT2D eigenvalue weighted by molar-refractivity contribution is -0.155. The topological polar surface area (TPSA) is 143 Å².